The number of carbonyl (C=O) groups excluding carboxylic acids is 2. The summed E-state index contributed by atoms with van der Waals surface area (Å²) in [6, 6.07) is 5.71. The number of sulfonamides is 1. The highest BCUT2D eigenvalue weighted by Crippen LogP contribution is 2.17. The SMILES string of the molecule is NCCCCNC(=O)c1ccc(S(=O)(=O)N2CCNC(=O)C2)cc1. The third-order valence-corrected chi connectivity index (χ3v) is 5.53. The first-order chi connectivity index (χ1) is 11.4. The van der Waals surface area contributed by atoms with E-state index in [0.717, 1.165) is 17.1 Å². The van der Waals surface area contributed by atoms with E-state index in [9.17, 15) is 18.0 Å². The summed E-state index contributed by atoms with van der Waals surface area (Å²) >= 11 is 0. The zero-order chi connectivity index (χ0) is 17.6. The smallest absolute Gasteiger partial charge is 0.251 e. The summed E-state index contributed by atoms with van der Waals surface area (Å²) in [6.07, 6.45) is 1.63. The molecule has 0 aliphatic carbocycles. The van der Waals surface area contributed by atoms with Crippen LogP contribution in [0.5, 0.6) is 0 Å². The highest BCUT2D eigenvalue weighted by molar-refractivity contribution is 7.89. The summed E-state index contributed by atoms with van der Waals surface area (Å²) < 4.78 is 26.1. The second-order valence-electron chi connectivity index (χ2n) is 5.46. The average molecular weight is 354 g/mol. The lowest BCUT2D eigenvalue weighted by atomic mass is 10.2. The molecule has 0 atom stereocenters. The molecule has 0 saturated carbocycles. The van der Waals surface area contributed by atoms with Gasteiger partial charge in [-0.15, -0.1) is 0 Å². The fourth-order valence-corrected chi connectivity index (χ4v) is 3.72. The second kappa shape index (κ2) is 8.22. The monoisotopic (exact) mass is 354 g/mol. The molecule has 8 nitrogen and oxygen atoms in total. The summed E-state index contributed by atoms with van der Waals surface area (Å²) in [4.78, 5) is 23.4. The van der Waals surface area contributed by atoms with Crippen molar-refractivity contribution in [2.24, 2.45) is 5.73 Å². The van der Waals surface area contributed by atoms with E-state index in [-0.39, 0.29) is 29.8 Å². The van der Waals surface area contributed by atoms with Crippen LogP contribution in [0.15, 0.2) is 29.2 Å². The lowest BCUT2D eigenvalue weighted by Gasteiger charge is -2.25. The first-order valence-electron chi connectivity index (χ1n) is 7.80. The van der Waals surface area contributed by atoms with E-state index >= 15 is 0 Å². The van der Waals surface area contributed by atoms with Gasteiger partial charge in [-0.3, -0.25) is 9.59 Å². The number of nitrogens with two attached hydrogens (primary N) is 1. The van der Waals surface area contributed by atoms with Crippen LogP contribution >= 0.6 is 0 Å². The number of amides is 2. The summed E-state index contributed by atoms with van der Waals surface area (Å²) in [5, 5.41) is 5.34. The van der Waals surface area contributed by atoms with Gasteiger partial charge in [-0.1, -0.05) is 0 Å². The normalized spacial score (nSPS) is 15.8. The summed E-state index contributed by atoms with van der Waals surface area (Å²) in [6.45, 7) is 1.44. The maximum absolute atomic E-state index is 12.5. The van der Waals surface area contributed by atoms with Crippen LogP contribution in [-0.2, 0) is 14.8 Å². The molecule has 0 spiro atoms. The lowest BCUT2D eigenvalue weighted by Crippen LogP contribution is -2.49. The molecule has 0 radical (unpaired) electrons. The topological polar surface area (TPSA) is 122 Å². The molecule has 1 aliphatic rings. The minimum atomic E-state index is -3.73. The molecule has 1 heterocycles. The maximum Gasteiger partial charge on any atom is 0.251 e. The number of unbranched alkanes of at least 4 members (excludes halogenated alkanes) is 1. The summed E-state index contributed by atoms with van der Waals surface area (Å²) in [5.74, 6) is -0.577. The van der Waals surface area contributed by atoms with Gasteiger partial charge in [0.05, 0.1) is 11.4 Å². The Morgan fingerprint density at radius 3 is 2.58 bits per heavy atom. The first-order valence-corrected chi connectivity index (χ1v) is 9.24. The van der Waals surface area contributed by atoms with E-state index in [4.69, 9.17) is 5.73 Å². The van der Waals surface area contributed by atoms with Crippen LogP contribution in [0.3, 0.4) is 0 Å². The number of benzene rings is 1. The van der Waals surface area contributed by atoms with E-state index in [1.54, 1.807) is 0 Å². The van der Waals surface area contributed by atoms with Gasteiger partial charge in [0.1, 0.15) is 0 Å². The number of piperazine rings is 1. The number of hydrogen-bond acceptors (Lipinski definition) is 5. The van der Waals surface area contributed by atoms with Gasteiger partial charge in [0.2, 0.25) is 15.9 Å². The van der Waals surface area contributed by atoms with Gasteiger partial charge in [-0.2, -0.15) is 4.31 Å². The Hall–Kier alpha value is -1.97. The summed E-state index contributed by atoms with van der Waals surface area (Å²) in [5.41, 5.74) is 5.77. The van der Waals surface area contributed by atoms with Gasteiger partial charge in [0.25, 0.3) is 5.91 Å². The van der Waals surface area contributed by atoms with Crippen LogP contribution in [0, 0.1) is 0 Å². The van der Waals surface area contributed by atoms with Crippen LogP contribution in [0.2, 0.25) is 0 Å². The number of nitrogens with one attached hydrogen (secondary N) is 2. The van der Waals surface area contributed by atoms with Crippen molar-refractivity contribution in [3.8, 4) is 0 Å². The molecule has 1 fully saturated rings. The van der Waals surface area contributed by atoms with Crippen molar-refractivity contribution >= 4 is 21.8 Å². The van der Waals surface area contributed by atoms with Gasteiger partial charge in [-0.05, 0) is 43.7 Å². The molecular formula is C15H22N4O4S. The third-order valence-electron chi connectivity index (χ3n) is 3.67. The van der Waals surface area contributed by atoms with Crippen molar-refractivity contribution in [2.75, 3.05) is 32.7 Å². The van der Waals surface area contributed by atoms with Crippen molar-refractivity contribution in [1.82, 2.24) is 14.9 Å². The Bertz CT molecular complexity index is 688. The van der Waals surface area contributed by atoms with Crippen molar-refractivity contribution < 1.29 is 18.0 Å². The van der Waals surface area contributed by atoms with Crippen molar-refractivity contribution in [2.45, 2.75) is 17.7 Å². The highest BCUT2D eigenvalue weighted by atomic mass is 32.2. The predicted octanol–water partition coefficient (Wildman–Crippen LogP) is -0.724. The molecule has 132 valence electrons. The minimum Gasteiger partial charge on any atom is -0.354 e. The first kappa shape index (κ1) is 18.4. The fraction of sp³-hybridized carbons (Fsp3) is 0.467. The number of rotatable bonds is 7. The van der Waals surface area contributed by atoms with Crippen LogP contribution in [0.25, 0.3) is 0 Å². The standard InChI is InChI=1S/C15H22N4O4S/c16-7-1-2-8-18-15(21)12-3-5-13(6-4-12)24(22,23)19-10-9-17-14(20)11-19/h3-6H,1-2,7-11,16H2,(H,17,20)(H,18,21). The molecule has 4 N–H and O–H groups in total. The predicted molar refractivity (Wildman–Crippen MR) is 88.8 cm³/mol. The molecule has 0 bridgehead atoms. The maximum atomic E-state index is 12.5. The average Bonchev–Trinajstić information content (AvgIpc) is 2.58. The van der Waals surface area contributed by atoms with E-state index in [2.05, 4.69) is 10.6 Å². The number of carbonyl (C=O) groups is 2. The van der Waals surface area contributed by atoms with Gasteiger partial charge in [0.15, 0.2) is 0 Å². The molecule has 2 rings (SSSR count). The lowest BCUT2D eigenvalue weighted by molar-refractivity contribution is -0.122. The Morgan fingerprint density at radius 2 is 1.96 bits per heavy atom. The molecule has 0 unspecified atom stereocenters. The molecule has 1 aromatic carbocycles. The molecule has 0 aromatic heterocycles. The zero-order valence-corrected chi connectivity index (χ0v) is 14.1. The summed E-state index contributed by atoms with van der Waals surface area (Å²) in [7, 11) is -3.73. The Morgan fingerprint density at radius 1 is 1.25 bits per heavy atom. The molecule has 1 aromatic rings. The quantitative estimate of drug-likeness (QED) is 0.558. The Kier molecular flexibility index (Phi) is 6.29. The van der Waals surface area contributed by atoms with Gasteiger partial charge in [-0.25, -0.2) is 8.42 Å². The molecule has 1 aliphatic heterocycles. The molecule has 9 heteroatoms. The molecule has 1 saturated heterocycles. The van der Waals surface area contributed by atoms with Gasteiger partial charge >= 0.3 is 0 Å². The van der Waals surface area contributed by atoms with Gasteiger partial charge in [0, 0.05) is 25.2 Å². The van der Waals surface area contributed by atoms with Crippen LogP contribution < -0.4 is 16.4 Å². The van der Waals surface area contributed by atoms with Crippen LogP contribution in [0.1, 0.15) is 23.2 Å². The van der Waals surface area contributed by atoms with Gasteiger partial charge < -0.3 is 16.4 Å². The molecule has 2 amide bonds. The van der Waals surface area contributed by atoms with E-state index in [0.29, 0.717) is 25.2 Å². The Balaban J connectivity index is 2.02. The van der Waals surface area contributed by atoms with E-state index < -0.39 is 10.0 Å². The Labute approximate surface area is 141 Å². The second-order valence-corrected chi connectivity index (χ2v) is 7.40. The van der Waals surface area contributed by atoms with Crippen LogP contribution in [0.4, 0.5) is 0 Å². The highest BCUT2D eigenvalue weighted by Gasteiger charge is 2.29. The largest absolute Gasteiger partial charge is 0.354 e. The zero-order valence-electron chi connectivity index (χ0n) is 13.3. The van der Waals surface area contributed by atoms with Crippen molar-refractivity contribution in [3.63, 3.8) is 0 Å². The molecular weight excluding hydrogens is 332 g/mol. The van der Waals surface area contributed by atoms with E-state index in [1.807, 2.05) is 0 Å². The minimum absolute atomic E-state index is 0.0666. The number of hydrogen-bond donors (Lipinski definition) is 3. The third kappa shape index (κ3) is 4.53. The van der Waals surface area contributed by atoms with E-state index in [1.165, 1.54) is 24.3 Å². The van der Waals surface area contributed by atoms with Crippen LogP contribution in [-0.4, -0.2) is 57.3 Å². The molecule has 24 heavy (non-hydrogen) atoms. The van der Waals surface area contributed by atoms with Crippen molar-refractivity contribution in [1.29, 1.82) is 0 Å². The van der Waals surface area contributed by atoms with Crippen molar-refractivity contribution in [3.05, 3.63) is 29.8 Å². The number of nitrogens with zero attached hydrogens (tertiary/aromatic N) is 1. The fourth-order valence-electron chi connectivity index (χ4n) is 2.32.